The molecular weight excluding hydrogens is 340 g/mol. The van der Waals surface area contributed by atoms with Gasteiger partial charge >= 0.3 is 0 Å². The summed E-state index contributed by atoms with van der Waals surface area (Å²) in [6.07, 6.45) is 5.33. The van der Waals surface area contributed by atoms with E-state index >= 15 is 0 Å². The van der Waals surface area contributed by atoms with Crippen molar-refractivity contribution < 1.29 is 5.21 Å². The fraction of sp³-hybridized carbons (Fsp3) is 0.333. The van der Waals surface area contributed by atoms with Gasteiger partial charge in [-0.2, -0.15) is 0 Å². The number of benzene rings is 1. The molecule has 6 nitrogen and oxygen atoms in total. The molecule has 1 unspecified atom stereocenters. The Kier molecular flexibility index (Phi) is 5.07. The highest BCUT2D eigenvalue weighted by atomic mass is 16.5. The predicted molar refractivity (Wildman–Crippen MR) is 106 cm³/mol. The van der Waals surface area contributed by atoms with Crippen molar-refractivity contribution in [2.75, 3.05) is 25.0 Å². The number of rotatable bonds is 5. The second kappa shape index (κ2) is 7.80. The third-order valence-electron chi connectivity index (χ3n) is 5.18. The van der Waals surface area contributed by atoms with Crippen molar-refractivity contribution in [2.45, 2.75) is 25.3 Å². The largest absolute Gasteiger partial charge is 0.423 e. The maximum Gasteiger partial charge on any atom is 0.286 e. The van der Waals surface area contributed by atoms with Crippen LogP contribution >= 0.6 is 0 Å². The Hall–Kier alpha value is -2.86. The molecule has 0 radical (unpaired) electrons. The Morgan fingerprint density at radius 3 is 2.63 bits per heavy atom. The summed E-state index contributed by atoms with van der Waals surface area (Å²) >= 11 is 0. The van der Waals surface area contributed by atoms with Crippen molar-refractivity contribution in [1.82, 2.24) is 14.6 Å². The number of pyridine rings is 2. The van der Waals surface area contributed by atoms with E-state index in [1.165, 1.54) is 30.9 Å². The van der Waals surface area contributed by atoms with Crippen molar-refractivity contribution in [1.29, 1.82) is 0 Å². The van der Waals surface area contributed by atoms with Crippen LogP contribution in [0, 0.1) is 0 Å². The standard InChI is InChI=1S/C21H24N4O2/c26-20-14-18(17-10-7-11-22-21(17)25(20)27)23-19(16-8-3-1-4-9-16)15-24-12-5-2-6-13-24/h1,3-4,7-11,14,19,23,27H,2,5-6,12-13,15H2. The fourth-order valence-electron chi connectivity index (χ4n) is 3.77. The zero-order chi connectivity index (χ0) is 18.6. The van der Waals surface area contributed by atoms with E-state index in [2.05, 4.69) is 27.3 Å². The molecular formula is C21H24N4O2. The number of hydrogen-bond donors (Lipinski definition) is 2. The van der Waals surface area contributed by atoms with E-state index in [0.717, 1.165) is 25.0 Å². The molecule has 6 heteroatoms. The first-order valence-corrected chi connectivity index (χ1v) is 9.46. The van der Waals surface area contributed by atoms with Crippen LogP contribution in [0.4, 0.5) is 5.69 Å². The molecule has 3 heterocycles. The van der Waals surface area contributed by atoms with Crippen LogP contribution in [0.5, 0.6) is 0 Å². The van der Waals surface area contributed by atoms with Crippen LogP contribution in [0.25, 0.3) is 11.0 Å². The Morgan fingerprint density at radius 2 is 1.85 bits per heavy atom. The maximum absolute atomic E-state index is 12.2. The van der Waals surface area contributed by atoms with Gasteiger partial charge in [0.2, 0.25) is 0 Å². The summed E-state index contributed by atoms with van der Waals surface area (Å²) in [7, 11) is 0. The minimum absolute atomic E-state index is 0.0432. The molecule has 0 bridgehead atoms. The molecule has 27 heavy (non-hydrogen) atoms. The topological polar surface area (TPSA) is 70.4 Å². The summed E-state index contributed by atoms with van der Waals surface area (Å²) in [5.41, 5.74) is 1.64. The average Bonchev–Trinajstić information content (AvgIpc) is 2.73. The third-order valence-corrected chi connectivity index (χ3v) is 5.18. The second-order valence-electron chi connectivity index (χ2n) is 7.05. The van der Waals surface area contributed by atoms with E-state index in [4.69, 9.17) is 0 Å². The molecule has 0 aliphatic carbocycles. The van der Waals surface area contributed by atoms with E-state index in [9.17, 15) is 10.0 Å². The maximum atomic E-state index is 12.2. The molecule has 2 aromatic heterocycles. The number of nitrogens with one attached hydrogen (secondary N) is 1. The van der Waals surface area contributed by atoms with Gasteiger partial charge in [-0.3, -0.25) is 4.79 Å². The first-order valence-electron chi connectivity index (χ1n) is 9.46. The quantitative estimate of drug-likeness (QED) is 0.680. The molecule has 0 amide bonds. The summed E-state index contributed by atoms with van der Waals surface area (Å²) in [5, 5.41) is 14.3. The first-order chi connectivity index (χ1) is 13.2. The molecule has 1 aliphatic rings. The Bertz CT molecular complexity index is 965. The number of likely N-dealkylation sites (tertiary alicyclic amines) is 1. The summed E-state index contributed by atoms with van der Waals surface area (Å²) in [4.78, 5) is 18.8. The van der Waals surface area contributed by atoms with Crippen LogP contribution in [0.1, 0.15) is 30.9 Å². The molecule has 1 fully saturated rings. The normalized spacial score (nSPS) is 16.3. The van der Waals surface area contributed by atoms with Gasteiger partial charge in [0.25, 0.3) is 5.56 Å². The number of fused-ring (bicyclic) bond motifs is 1. The lowest BCUT2D eigenvalue weighted by Crippen LogP contribution is -2.36. The highest BCUT2D eigenvalue weighted by Crippen LogP contribution is 2.26. The van der Waals surface area contributed by atoms with Crippen LogP contribution in [-0.2, 0) is 0 Å². The average molecular weight is 364 g/mol. The minimum Gasteiger partial charge on any atom is -0.423 e. The summed E-state index contributed by atoms with van der Waals surface area (Å²) in [6.45, 7) is 3.07. The highest BCUT2D eigenvalue weighted by Gasteiger charge is 2.20. The van der Waals surface area contributed by atoms with Gasteiger partial charge in [-0.15, -0.1) is 4.73 Å². The van der Waals surface area contributed by atoms with E-state index in [0.29, 0.717) is 10.4 Å². The molecule has 0 spiro atoms. The fourth-order valence-corrected chi connectivity index (χ4v) is 3.77. The molecule has 140 valence electrons. The smallest absolute Gasteiger partial charge is 0.286 e. The van der Waals surface area contributed by atoms with Crippen molar-refractivity contribution in [3.05, 3.63) is 70.6 Å². The third kappa shape index (κ3) is 3.80. The van der Waals surface area contributed by atoms with Crippen molar-refractivity contribution in [3.8, 4) is 0 Å². The molecule has 1 aromatic carbocycles. The summed E-state index contributed by atoms with van der Waals surface area (Å²) in [6, 6.07) is 15.4. The Labute approximate surface area is 158 Å². The van der Waals surface area contributed by atoms with Crippen LogP contribution in [0.15, 0.2) is 59.5 Å². The monoisotopic (exact) mass is 364 g/mol. The van der Waals surface area contributed by atoms with Gasteiger partial charge < -0.3 is 15.4 Å². The van der Waals surface area contributed by atoms with Gasteiger partial charge in [-0.05, 0) is 43.6 Å². The van der Waals surface area contributed by atoms with Gasteiger partial charge in [-0.1, -0.05) is 36.8 Å². The minimum atomic E-state index is -0.492. The van der Waals surface area contributed by atoms with Gasteiger partial charge in [0, 0.05) is 24.2 Å². The number of hydrogen-bond acceptors (Lipinski definition) is 5. The second-order valence-corrected chi connectivity index (χ2v) is 7.05. The van der Waals surface area contributed by atoms with Crippen molar-refractivity contribution >= 4 is 16.7 Å². The van der Waals surface area contributed by atoms with E-state index in [1.54, 1.807) is 12.3 Å². The molecule has 1 atom stereocenters. The van der Waals surface area contributed by atoms with Gasteiger partial charge in [0.05, 0.1) is 11.7 Å². The van der Waals surface area contributed by atoms with Crippen LogP contribution in [0.3, 0.4) is 0 Å². The van der Waals surface area contributed by atoms with E-state index in [1.807, 2.05) is 24.3 Å². The number of aromatic nitrogens is 2. The summed E-state index contributed by atoms with van der Waals surface area (Å²) in [5.74, 6) is 0. The lowest BCUT2D eigenvalue weighted by atomic mass is 10.0. The lowest BCUT2D eigenvalue weighted by Gasteiger charge is -2.31. The number of anilines is 1. The van der Waals surface area contributed by atoms with Crippen molar-refractivity contribution in [3.63, 3.8) is 0 Å². The number of piperidine rings is 1. The number of nitrogens with zero attached hydrogens (tertiary/aromatic N) is 3. The van der Waals surface area contributed by atoms with Gasteiger partial charge in [-0.25, -0.2) is 4.98 Å². The Balaban J connectivity index is 1.70. The molecule has 3 aromatic rings. The molecule has 2 N–H and O–H groups in total. The zero-order valence-corrected chi connectivity index (χ0v) is 15.2. The van der Waals surface area contributed by atoms with Crippen LogP contribution in [0.2, 0.25) is 0 Å². The van der Waals surface area contributed by atoms with Crippen LogP contribution in [-0.4, -0.2) is 39.5 Å². The first kappa shape index (κ1) is 17.5. The Morgan fingerprint density at radius 1 is 1.07 bits per heavy atom. The van der Waals surface area contributed by atoms with E-state index < -0.39 is 5.56 Å². The lowest BCUT2D eigenvalue weighted by molar-refractivity contribution is 0.186. The zero-order valence-electron chi connectivity index (χ0n) is 15.2. The molecule has 4 rings (SSSR count). The molecule has 1 aliphatic heterocycles. The summed E-state index contributed by atoms with van der Waals surface area (Å²) < 4.78 is 0.600. The predicted octanol–water partition coefficient (Wildman–Crippen LogP) is 3.27. The van der Waals surface area contributed by atoms with Gasteiger partial charge in [0.15, 0.2) is 5.65 Å². The SMILES string of the molecule is O=c1cc(NC(CN2CCCCC2)c2ccccc2)c2cccnc2n1O. The molecule has 1 saturated heterocycles. The van der Waals surface area contributed by atoms with Gasteiger partial charge in [0.1, 0.15) is 0 Å². The van der Waals surface area contributed by atoms with E-state index in [-0.39, 0.29) is 11.7 Å². The highest BCUT2D eigenvalue weighted by molar-refractivity contribution is 5.88. The van der Waals surface area contributed by atoms with Crippen LogP contribution < -0.4 is 10.9 Å². The van der Waals surface area contributed by atoms with Crippen molar-refractivity contribution in [2.24, 2.45) is 0 Å². The molecule has 0 saturated carbocycles.